The maximum Gasteiger partial charge on any atom is 0.251 e. The Morgan fingerprint density at radius 1 is 1.25 bits per heavy atom. The molecule has 1 unspecified atom stereocenters. The van der Waals surface area contributed by atoms with E-state index in [4.69, 9.17) is 9.47 Å². The molecule has 1 aromatic carbocycles. The van der Waals surface area contributed by atoms with Crippen molar-refractivity contribution < 1.29 is 14.3 Å². The van der Waals surface area contributed by atoms with Crippen LogP contribution in [0.3, 0.4) is 0 Å². The molecule has 182 valence electrons. The molecule has 1 aliphatic heterocycles. The van der Waals surface area contributed by atoms with Crippen molar-refractivity contribution in [3.8, 4) is 0 Å². The molecule has 0 aromatic heterocycles. The zero-order valence-corrected chi connectivity index (χ0v) is 22.0. The highest BCUT2D eigenvalue weighted by molar-refractivity contribution is 14.0. The first-order chi connectivity index (χ1) is 15.1. The van der Waals surface area contributed by atoms with Crippen LogP contribution in [0, 0.1) is 5.92 Å². The molecule has 0 aliphatic carbocycles. The Bertz CT molecular complexity index is 681. The molecule has 32 heavy (non-hydrogen) atoms. The average Bonchev–Trinajstić information content (AvgIpc) is 3.27. The second-order valence-electron chi connectivity index (χ2n) is 8.04. The minimum Gasteiger partial charge on any atom is -0.381 e. The monoisotopic (exact) mass is 561 g/mol. The van der Waals surface area contributed by atoms with E-state index in [0.29, 0.717) is 24.6 Å². The number of carbonyl (C=O) groups is 1. The molecule has 0 radical (unpaired) electrons. The number of ether oxygens (including phenoxy) is 2. The summed E-state index contributed by atoms with van der Waals surface area (Å²) in [7, 11) is 3.97. The molecule has 1 saturated heterocycles. The van der Waals surface area contributed by atoms with Crippen molar-refractivity contribution in [1.82, 2.24) is 20.9 Å². The fourth-order valence-electron chi connectivity index (χ4n) is 3.16. The lowest BCUT2D eigenvalue weighted by atomic mass is 10.1. The minimum atomic E-state index is -0.0538. The Kier molecular flexibility index (Phi) is 15.3. The van der Waals surface area contributed by atoms with E-state index in [9.17, 15) is 4.79 Å². The number of rotatable bonds is 13. The van der Waals surface area contributed by atoms with Gasteiger partial charge in [0.25, 0.3) is 5.91 Å². The number of nitrogens with one attached hydrogen (secondary N) is 3. The number of likely N-dealkylation sites (N-methyl/N-ethyl adjacent to an activating group) is 1. The summed E-state index contributed by atoms with van der Waals surface area (Å²) in [4.78, 5) is 19.0. The van der Waals surface area contributed by atoms with Gasteiger partial charge in [-0.25, -0.2) is 4.99 Å². The number of nitrogens with zero attached hydrogens (tertiary/aromatic N) is 2. The van der Waals surface area contributed by atoms with Crippen LogP contribution in [0.25, 0.3) is 0 Å². The predicted octanol–water partition coefficient (Wildman–Crippen LogP) is 2.09. The van der Waals surface area contributed by atoms with E-state index in [2.05, 4.69) is 20.9 Å². The number of guanidine groups is 1. The summed E-state index contributed by atoms with van der Waals surface area (Å²) in [6.45, 7) is 8.78. The second kappa shape index (κ2) is 17.1. The SMILES string of the molecule is CCNC(=NCc1cccc(C(=O)NCCN(C)C)c1)NCCCOCC1CCOC1.I. The van der Waals surface area contributed by atoms with E-state index in [0.717, 1.165) is 70.4 Å². The van der Waals surface area contributed by atoms with E-state index in [1.807, 2.05) is 50.2 Å². The average molecular weight is 562 g/mol. The van der Waals surface area contributed by atoms with Crippen LogP contribution in [0.1, 0.15) is 35.7 Å². The molecular formula is C23H40IN5O3. The number of halogens is 1. The lowest BCUT2D eigenvalue weighted by Crippen LogP contribution is -2.38. The Morgan fingerprint density at radius 2 is 2.09 bits per heavy atom. The van der Waals surface area contributed by atoms with Crippen LogP contribution in [-0.4, -0.2) is 83.5 Å². The quantitative estimate of drug-likeness (QED) is 0.148. The van der Waals surface area contributed by atoms with Gasteiger partial charge in [-0.2, -0.15) is 0 Å². The normalized spacial score (nSPS) is 16.0. The summed E-state index contributed by atoms with van der Waals surface area (Å²) in [6, 6.07) is 7.63. The minimum absolute atomic E-state index is 0. The van der Waals surface area contributed by atoms with Gasteiger partial charge in [-0.15, -0.1) is 24.0 Å². The highest BCUT2D eigenvalue weighted by Gasteiger charge is 2.15. The molecule has 2 rings (SSSR count). The number of hydrogen-bond acceptors (Lipinski definition) is 5. The highest BCUT2D eigenvalue weighted by Crippen LogP contribution is 2.12. The van der Waals surface area contributed by atoms with Gasteiger partial charge in [0.15, 0.2) is 5.96 Å². The third-order valence-corrected chi connectivity index (χ3v) is 4.93. The first-order valence-electron chi connectivity index (χ1n) is 11.3. The molecular weight excluding hydrogens is 521 g/mol. The molecule has 0 saturated carbocycles. The molecule has 1 amide bonds. The van der Waals surface area contributed by atoms with Crippen molar-refractivity contribution in [3.63, 3.8) is 0 Å². The zero-order valence-electron chi connectivity index (χ0n) is 19.7. The van der Waals surface area contributed by atoms with Crippen molar-refractivity contribution in [2.45, 2.75) is 26.3 Å². The van der Waals surface area contributed by atoms with Crippen LogP contribution in [0.15, 0.2) is 29.3 Å². The van der Waals surface area contributed by atoms with Gasteiger partial charge in [-0.1, -0.05) is 12.1 Å². The second-order valence-corrected chi connectivity index (χ2v) is 8.04. The van der Waals surface area contributed by atoms with E-state index in [1.54, 1.807) is 0 Å². The van der Waals surface area contributed by atoms with Crippen molar-refractivity contribution in [2.75, 3.05) is 66.7 Å². The summed E-state index contributed by atoms with van der Waals surface area (Å²) in [5.74, 6) is 1.27. The molecule has 1 aromatic rings. The lowest BCUT2D eigenvalue weighted by Gasteiger charge is -2.13. The number of hydrogen-bond donors (Lipinski definition) is 3. The summed E-state index contributed by atoms with van der Waals surface area (Å²) in [6.07, 6.45) is 2.02. The Labute approximate surface area is 209 Å². The molecule has 0 spiro atoms. The van der Waals surface area contributed by atoms with Gasteiger partial charge in [0, 0.05) is 50.9 Å². The van der Waals surface area contributed by atoms with Crippen LogP contribution in [0.2, 0.25) is 0 Å². The van der Waals surface area contributed by atoms with Gasteiger partial charge in [-0.05, 0) is 51.6 Å². The van der Waals surface area contributed by atoms with Gasteiger partial charge >= 0.3 is 0 Å². The van der Waals surface area contributed by atoms with E-state index in [1.165, 1.54) is 0 Å². The standard InChI is InChI=1S/C23H39N5O3.HI/c1-4-24-23(26-10-6-13-30-17-20-9-14-31-18-20)27-16-19-7-5-8-21(15-19)22(29)25-11-12-28(2)3;/h5,7-8,15,20H,4,6,9-14,16-18H2,1-3H3,(H,25,29)(H2,24,26,27);1H. The fraction of sp³-hybridized carbons (Fsp3) is 0.652. The number of carbonyl (C=O) groups excluding carboxylic acids is 1. The summed E-state index contributed by atoms with van der Waals surface area (Å²) in [5, 5.41) is 9.55. The molecule has 1 fully saturated rings. The van der Waals surface area contributed by atoms with E-state index in [-0.39, 0.29) is 29.9 Å². The van der Waals surface area contributed by atoms with Gasteiger partial charge < -0.3 is 30.3 Å². The van der Waals surface area contributed by atoms with Crippen LogP contribution in [-0.2, 0) is 16.0 Å². The molecule has 3 N–H and O–H groups in total. The molecule has 9 heteroatoms. The largest absolute Gasteiger partial charge is 0.381 e. The topological polar surface area (TPSA) is 87.2 Å². The first kappa shape index (κ1) is 28.6. The van der Waals surface area contributed by atoms with Crippen LogP contribution in [0.5, 0.6) is 0 Å². The zero-order chi connectivity index (χ0) is 22.3. The predicted molar refractivity (Wildman–Crippen MR) is 140 cm³/mol. The van der Waals surface area contributed by atoms with Gasteiger partial charge in [0.05, 0.1) is 19.8 Å². The van der Waals surface area contributed by atoms with Crippen molar-refractivity contribution in [1.29, 1.82) is 0 Å². The molecule has 1 aliphatic rings. The fourth-order valence-corrected chi connectivity index (χ4v) is 3.16. The van der Waals surface area contributed by atoms with Crippen LogP contribution >= 0.6 is 24.0 Å². The molecule has 8 nitrogen and oxygen atoms in total. The lowest BCUT2D eigenvalue weighted by molar-refractivity contribution is 0.0888. The first-order valence-corrected chi connectivity index (χ1v) is 11.3. The third kappa shape index (κ3) is 12.0. The number of amides is 1. The van der Waals surface area contributed by atoms with Crippen molar-refractivity contribution in [2.24, 2.45) is 10.9 Å². The summed E-state index contributed by atoms with van der Waals surface area (Å²) in [5.41, 5.74) is 1.66. The maximum absolute atomic E-state index is 12.3. The van der Waals surface area contributed by atoms with Crippen LogP contribution in [0.4, 0.5) is 0 Å². The van der Waals surface area contributed by atoms with E-state index < -0.39 is 0 Å². The maximum atomic E-state index is 12.3. The smallest absolute Gasteiger partial charge is 0.251 e. The summed E-state index contributed by atoms with van der Waals surface area (Å²) < 4.78 is 11.1. The number of benzene rings is 1. The molecule has 0 bridgehead atoms. The molecule has 1 atom stereocenters. The third-order valence-electron chi connectivity index (χ3n) is 4.93. The Balaban J connectivity index is 0.00000512. The van der Waals surface area contributed by atoms with Crippen molar-refractivity contribution in [3.05, 3.63) is 35.4 Å². The number of aliphatic imine (C=N–C) groups is 1. The summed E-state index contributed by atoms with van der Waals surface area (Å²) >= 11 is 0. The van der Waals surface area contributed by atoms with Gasteiger partial charge in [0.2, 0.25) is 0 Å². The Hall–Kier alpha value is -1.43. The van der Waals surface area contributed by atoms with Crippen LogP contribution < -0.4 is 16.0 Å². The van der Waals surface area contributed by atoms with Crippen molar-refractivity contribution >= 4 is 35.8 Å². The molecule has 1 heterocycles. The Morgan fingerprint density at radius 3 is 2.81 bits per heavy atom. The van der Waals surface area contributed by atoms with E-state index >= 15 is 0 Å². The van der Waals surface area contributed by atoms with Gasteiger partial charge in [-0.3, -0.25) is 4.79 Å². The van der Waals surface area contributed by atoms with Gasteiger partial charge in [0.1, 0.15) is 0 Å². The highest BCUT2D eigenvalue weighted by atomic mass is 127.